The first-order chi connectivity index (χ1) is 10.8. The molecule has 5 nitrogen and oxygen atoms in total. The van der Waals surface area contributed by atoms with Crippen molar-refractivity contribution in [1.29, 1.82) is 0 Å². The minimum atomic E-state index is 0.00262. The van der Waals surface area contributed by atoms with Crippen LogP contribution in [0.15, 0.2) is 16.2 Å². The number of piperazine rings is 1. The van der Waals surface area contributed by atoms with Crippen LogP contribution >= 0.6 is 11.3 Å². The zero-order valence-corrected chi connectivity index (χ0v) is 13.5. The summed E-state index contributed by atoms with van der Waals surface area (Å²) in [5, 5.41) is 5.50. The molecule has 1 saturated carbocycles. The summed E-state index contributed by atoms with van der Waals surface area (Å²) in [5.74, 6) is 0.808. The Bertz CT molecular complexity index is 708. The minimum Gasteiger partial charge on any atom is -0.314 e. The van der Waals surface area contributed by atoms with Crippen LogP contribution < -0.4 is 10.9 Å². The molecule has 1 saturated heterocycles. The Morgan fingerprint density at radius 2 is 2.18 bits per heavy atom. The van der Waals surface area contributed by atoms with Crippen LogP contribution in [0.5, 0.6) is 0 Å². The van der Waals surface area contributed by atoms with Crippen molar-refractivity contribution >= 4 is 21.6 Å². The summed E-state index contributed by atoms with van der Waals surface area (Å²) in [7, 11) is 0. The second-order valence-electron chi connectivity index (χ2n) is 6.53. The van der Waals surface area contributed by atoms with Crippen LogP contribution in [-0.4, -0.2) is 40.0 Å². The molecule has 2 fully saturated rings. The smallest absolute Gasteiger partial charge is 0.268 e. The van der Waals surface area contributed by atoms with Gasteiger partial charge < -0.3 is 10.3 Å². The second-order valence-corrected chi connectivity index (χ2v) is 7.45. The van der Waals surface area contributed by atoms with Crippen LogP contribution in [0, 0.1) is 0 Å². The molecular formula is C16H22N4OS. The minimum absolute atomic E-state index is 0.00262. The molecule has 6 heteroatoms. The number of thiophene rings is 1. The highest BCUT2D eigenvalue weighted by Crippen LogP contribution is 2.35. The average molecular weight is 318 g/mol. The molecule has 2 aliphatic rings. The number of hydrogen-bond acceptors (Lipinski definition) is 5. The molecule has 0 bridgehead atoms. The maximum atomic E-state index is 12.2. The normalized spacial score (nSPS) is 22.4. The fourth-order valence-electron chi connectivity index (χ4n) is 4.01. The maximum absolute atomic E-state index is 12.2. The quantitative estimate of drug-likeness (QED) is 0.890. The van der Waals surface area contributed by atoms with Crippen molar-refractivity contribution in [3.8, 4) is 0 Å². The Balaban J connectivity index is 1.63. The summed E-state index contributed by atoms with van der Waals surface area (Å²) in [5.41, 5.74) is 1.10. The van der Waals surface area contributed by atoms with E-state index in [9.17, 15) is 4.79 Å². The van der Waals surface area contributed by atoms with Crippen LogP contribution in [-0.2, 0) is 6.54 Å². The third-order valence-corrected chi connectivity index (χ3v) is 6.07. The molecule has 0 unspecified atom stereocenters. The van der Waals surface area contributed by atoms with Crippen LogP contribution in [0.4, 0.5) is 0 Å². The van der Waals surface area contributed by atoms with Crippen molar-refractivity contribution in [2.45, 2.75) is 44.2 Å². The van der Waals surface area contributed by atoms with E-state index in [1.54, 1.807) is 0 Å². The van der Waals surface area contributed by atoms with Gasteiger partial charge in [0.2, 0.25) is 0 Å². The summed E-state index contributed by atoms with van der Waals surface area (Å²) >= 11 is 1.46. The lowest BCUT2D eigenvalue weighted by atomic mass is 9.79. The molecule has 2 N–H and O–H groups in total. The Hall–Kier alpha value is -1.24. The zero-order valence-electron chi connectivity index (χ0n) is 12.7. The molecular weight excluding hydrogens is 296 g/mol. The fraction of sp³-hybridized carbons (Fsp3) is 0.625. The summed E-state index contributed by atoms with van der Waals surface area (Å²) < 4.78 is 0.733. The third-order valence-electron chi connectivity index (χ3n) is 5.17. The molecule has 3 heterocycles. The zero-order chi connectivity index (χ0) is 15.0. The number of rotatable bonds is 2. The van der Waals surface area contributed by atoms with Crippen LogP contribution in [0.3, 0.4) is 0 Å². The lowest BCUT2D eigenvalue weighted by Gasteiger charge is -2.49. The van der Waals surface area contributed by atoms with Gasteiger partial charge in [0.05, 0.1) is 12.1 Å². The van der Waals surface area contributed by atoms with E-state index in [1.165, 1.54) is 43.4 Å². The van der Waals surface area contributed by atoms with Crippen LogP contribution in [0.25, 0.3) is 10.2 Å². The molecule has 1 aliphatic heterocycles. The lowest BCUT2D eigenvalue weighted by molar-refractivity contribution is 0.0189. The van der Waals surface area contributed by atoms with E-state index in [1.807, 2.05) is 11.4 Å². The van der Waals surface area contributed by atoms with Crippen LogP contribution in [0.2, 0.25) is 0 Å². The fourth-order valence-corrected chi connectivity index (χ4v) is 4.74. The predicted molar refractivity (Wildman–Crippen MR) is 89.3 cm³/mol. The Morgan fingerprint density at radius 1 is 1.32 bits per heavy atom. The van der Waals surface area contributed by atoms with Crippen molar-refractivity contribution in [3.05, 3.63) is 27.6 Å². The molecule has 1 spiro atoms. The summed E-state index contributed by atoms with van der Waals surface area (Å²) in [6.45, 7) is 3.87. The molecule has 0 atom stereocenters. The first-order valence-corrected chi connectivity index (χ1v) is 9.07. The number of H-pyrrole nitrogens is 1. The third kappa shape index (κ3) is 2.49. The van der Waals surface area contributed by atoms with Gasteiger partial charge in [-0.15, -0.1) is 11.3 Å². The Kier molecular flexibility index (Phi) is 3.76. The molecule has 0 aromatic carbocycles. The monoisotopic (exact) mass is 318 g/mol. The van der Waals surface area contributed by atoms with E-state index in [-0.39, 0.29) is 11.1 Å². The Labute approximate surface area is 133 Å². The van der Waals surface area contributed by atoms with Gasteiger partial charge in [-0.3, -0.25) is 9.69 Å². The highest BCUT2D eigenvalue weighted by atomic mass is 32.1. The second kappa shape index (κ2) is 5.76. The van der Waals surface area contributed by atoms with Gasteiger partial charge in [0.1, 0.15) is 10.5 Å². The summed E-state index contributed by atoms with van der Waals surface area (Å²) in [6, 6.07) is 1.94. The maximum Gasteiger partial charge on any atom is 0.268 e. The van der Waals surface area contributed by atoms with Crippen molar-refractivity contribution in [3.63, 3.8) is 0 Å². The number of nitrogens with zero attached hydrogens (tertiary/aromatic N) is 2. The number of hydrogen-bond donors (Lipinski definition) is 2. The van der Waals surface area contributed by atoms with Gasteiger partial charge in [0.25, 0.3) is 5.56 Å². The topological polar surface area (TPSA) is 61.0 Å². The summed E-state index contributed by atoms with van der Waals surface area (Å²) in [4.78, 5) is 22.4. The van der Waals surface area contributed by atoms with Crippen LogP contribution in [0.1, 0.15) is 37.9 Å². The number of aromatic amines is 1. The molecule has 2 aromatic rings. The highest BCUT2D eigenvalue weighted by molar-refractivity contribution is 7.17. The molecule has 2 aromatic heterocycles. The molecule has 118 valence electrons. The average Bonchev–Trinajstić information content (AvgIpc) is 3.00. The molecule has 0 radical (unpaired) electrons. The van der Waals surface area contributed by atoms with Crippen molar-refractivity contribution < 1.29 is 0 Å². The number of fused-ring (bicyclic) bond motifs is 1. The van der Waals surface area contributed by atoms with Gasteiger partial charge in [0, 0.05) is 25.2 Å². The number of nitrogens with one attached hydrogen (secondary N) is 2. The van der Waals surface area contributed by atoms with Gasteiger partial charge in [-0.1, -0.05) is 19.3 Å². The first kappa shape index (κ1) is 14.4. The number of aromatic nitrogens is 2. The standard InChI is InChI=1S/C16H22N4OS/c21-15-14-12(4-9-22-14)18-13(19-15)10-20-8-7-17-11-16(20)5-2-1-3-6-16/h4,9,17H,1-3,5-8,10-11H2,(H,18,19,21). The van der Waals surface area contributed by atoms with Crippen molar-refractivity contribution in [2.24, 2.45) is 0 Å². The van der Waals surface area contributed by atoms with E-state index in [0.29, 0.717) is 0 Å². The molecule has 1 aliphatic carbocycles. The van der Waals surface area contributed by atoms with Crippen molar-refractivity contribution in [2.75, 3.05) is 19.6 Å². The van der Waals surface area contributed by atoms with Gasteiger partial charge in [-0.25, -0.2) is 4.98 Å². The predicted octanol–water partition coefficient (Wildman–Crippen LogP) is 2.09. The summed E-state index contributed by atoms with van der Waals surface area (Å²) in [6.07, 6.45) is 6.48. The van der Waals surface area contributed by atoms with E-state index in [0.717, 1.165) is 42.2 Å². The molecule has 0 amide bonds. The largest absolute Gasteiger partial charge is 0.314 e. The van der Waals surface area contributed by atoms with Gasteiger partial charge >= 0.3 is 0 Å². The lowest BCUT2D eigenvalue weighted by Crippen LogP contribution is -2.61. The highest BCUT2D eigenvalue weighted by Gasteiger charge is 2.39. The van der Waals surface area contributed by atoms with E-state index >= 15 is 0 Å². The van der Waals surface area contributed by atoms with Gasteiger partial charge in [-0.05, 0) is 24.3 Å². The van der Waals surface area contributed by atoms with Gasteiger partial charge in [-0.2, -0.15) is 0 Å². The Morgan fingerprint density at radius 3 is 3.05 bits per heavy atom. The van der Waals surface area contributed by atoms with E-state index in [4.69, 9.17) is 0 Å². The van der Waals surface area contributed by atoms with E-state index < -0.39 is 0 Å². The first-order valence-electron chi connectivity index (χ1n) is 8.19. The van der Waals surface area contributed by atoms with Crippen molar-refractivity contribution in [1.82, 2.24) is 20.2 Å². The van der Waals surface area contributed by atoms with E-state index in [2.05, 4.69) is 20.2 Å². The SMILES string of the molecule is O=c1[nH]c(CN2CCNCC23CCCCC3)nc2ccsc12. The van der Waals surface area contributed by atoms with Gasteiger partial charge in [0.15, 0.2) is 0 Å². The molecule has 4 rings (SSSR count). The molecule has 22 heavy (non-hydrogen) atoms.